The van der Waals surface area contributed by atoms with Crippen LogP contribution in [-0.4, -0.2) is 66.1 Å². The van der Waals surface area contributed by atoms with Crippen molar-refractivity contribution >= 4 is 17.6 Å². The Balaban J connectivity index is 1.53. The summed E-state index contributed by atoms with van der Waals surface area (Å²) in [5.74, 6) is 0.723. The number of alkyl halides is 3. The van der Waals surface area contributed by atoms with Gasteiger partial charge in [0.1, 0.15) is 12.0 Å². The summed E-state index contributed by atoms with van der Waals surface area (Å²) < 4.78 is 48.9. The zero-order valence-corrected chi connectivity index (χ0v) is 15.3. The molecule has 5 rings (SSSR count). The Kier molecular flexibility index (Phi) is 4.34. The third-order valence-corrected chi connectivity index (χ3v) is 5.49. The molecular weight excluding hydrogens is 389 g/mol. The van der Waals surface area contributed by atoms with Gasteiger partial charge in [-0.15, -0.1) is 0 Å². The van der Waals surface area contributed by atoms with Gasteiger partial charge >= 0.3 is 6.61 Å². The van der Waals surface area contributed by atoms with E-state index in [2.05, 4.69) is 24.6 Å². The zero-order chi connectivity index (χ0) is 20.1. The number of pyridine rings is 1. The van der Waals surface area contributed by atoms with Crippen molar-refractivity contribution in [1.82, 2.24) is 15.0 Å². The summed E-state index contributed by atoms with van der Waals surface area (Å²) in [6.45, 7) is -0.942. The van der Waals surface area contributed by atoms with Gasteiger partial charge in [0, 0.05) is 30.9 Å². The van der Waals surface area contributed by atoms with Crippen LogP contribution in [-0.2, 0) is 4.74 Å². The van der Waals surface area contributed by atoms with Gasteiger partial charge in [-0.05, 0) is 12.5 Å². The van der Waals surface area contributed by atoms with Crippen LogP contribution in [0, 0.1) is 0 Å². The van der Waals surface area contributed by atoms with E-state index in [1.165, 1.54) is 12.3 Å². The third-order valence-electron chi connectivity index (χ3n) is 5.49. The van der Waals surface area contributed by atoms with E-state index in [4.69, 9.17) is 10.5 Å². The molecule has 11 heteroatoms. The van der Waals surface area contributed by atoms with Crippen LogP contribution >= 0.6 is 0 Å². The first-order valence-electron chi connectivity index (χ1n) is 9.35. The summed E-state index contributed by atoms with van der Waals surface area (Å²) in [5, 5.41) is 0. The van der Waals surface area contributed by atoms with Crippen LogP contribution in [0.5, 0.6) is 5.75 Å². The SMILES string of the molecule is Nc1ncc(-c2cc(N3CC4OC[C@H]43)nc(N3CCC(F)C3)n2)cc1OC(F)F. The molecule has 0 radical (unpaired) electrons. The fourth-order valence-corrected chi connectivity index (χ4v) is 3.78. The van der Waals surface area contributed by atoms with E-state index < -0.39 is 12.8 Å². The first kappa shape index (κ1) is 18.2. The number of hydrogen-bond acceptors (Lipinski definition) is 8. The predicted molar refractivity (Wildman–Crippen MR) is 98.9 cm³/mol. The lowest BCUT2D eigenvalue weighted by atomic mass is 9.95. The quantitative estimate of drug-likeness (QED) is 0.802. The number of hydrogen-bond donors (Lipinski definition) is 1. The van der Waals surface area contributed by atoms with E-state index in [1.54, 1.807) is 11.0 Å². The number of fused-ring (bicyclic) bond motifs is 1. The highest BCUT2D eigenvalue weighted by Gasteiger charge is 2.48. The van der Waals surface area contributed by atoms with Gasteiger partial charge in [-0.1, -0.05) is 0 Å². The van der Waals surface area contributed by atoms with E-state index >= 15 is 0 Å². The number of aromatic nitrogens is 3. The Morgan fingerprint density at radius 2 is 2.10 bits per heavy atom. The van der Waals surface area contributed by atoms with E-state index in [0.29, 0.717) is 49.1 Å². The summed E-state index contributed by atoms with van der Waals surface area (Å²) in [4.78, 5) is 17.0. The Hall–Kier alpha value is -2.82. The summed E-state index contributed by atoms with van der Waals surface area (Å²) in [6, 6.07) is 3.40. The van der Waals surface area contributed by atoms with Crippen LogP contribution in [0.1, 0.15) is 6.42 Å². The van der Waals surface area contributed by atoms with Gasteiger partial charge in [0.05, 0.1) is 31.0 Å². The number of rotatable bonds is 5. The van der Waals surface area contributed by atoms with Gasteiger partial charge < -0.3 is 25.0 Å². The number of nitrogens with zero attached hydrogens (tertiary/aromatic N) is 5. The van der Waals surface area contributed by atoms with Crippen molar-refractivity contribution in [2.45, 2.75) is 31.3 Å². The van der Waals surface area contributed by atoms with Crippen molar-refractivity contribution in [1.29, 1.82) is 0 Å². The fourth-order valence-electron chi connectivity index (χ4n) is 3.78. The largest absolute Gasteiger partial charge is 0.431 e. The molecule has 2 aromatic heterocycles. The molecule has 5 heterocycles. The number of morpholine rings is 1. The highest BCUT2D eigenvalue weighted by atomic mass is 19.3. The Morgan fingerprint density at radius 1 is 1.24 bits per heavy atom. The Bertz CT molecular complexity index is 910. The smallest absolute Gasteiger partial charge is 0.387 e. The fraction of sp³-hybridized carbons (Fsp3) is 0.500. The second-order valence-electron chi connectivity index (χ2n) is 7.32. The highest BCUT2D eigenvalue weighted by Crippen LogP contribution is 2.37. The van der Waals surface area contributed by atoms with Crippen molar-refractivity contribution < 1.29 is 22.6 Å². The Morgan fingerprint density at radius 3 is 2.72 bits per heavy atom. The molecular formula is C18H19F3N6O2. The molecule has 2 aromatic rings. The molecule has 3 fully saturated rings. The second-order valence-corrected chi connectivity index (χ2v) is 7.32. The number of anilines is 3. The first-order valence-corrected chi connectivity index (χ1v) is 9.35. The zero-order valence-electron chi connectivity index (χ0n) is 15.3. The van der Waals surface area contributed by atoms with Crippen LogP contribution < -0.4 is 20.3 Å². The summed E-state index contributed by atoms with van der Waals surface area (Å²) in [7, 11) is 0. The molecule has 2 unspecified atom stereocenters. The van der Waals surface area contributed by atoms with E-state index in [0.717, 1.165) is 0 Å². The summed E-state index contributed by atoms with van der Waals surface area (Å²) >= 11 is 0. The maximum absolute atomic E-state index is 13.7. The van der Waals surface area contributed by atoms with Crippen LogP contribution in [0.15, 0.2) is 18.3 Å². The predicted octanol–water partition coefficient (Wildman–Crippen LogP) is 1.86. The van der Waals surface area contributed by atoms with Gasteiger partial charge in [0.15, 0.2) is 11.6 Å². The van der Waals surface area contributed by atoms with Gasteiger partial charge in [0.2, 0.25) is 5.95 Å². The maximum atomic E-state index is 13.7. The van der Waals surface area contributed by atoms with Gasteiger partial charge in [-0.3, -0.25) is 0 Å². The molecule has 0 bridgehead atoms. The minimum atomic E-state index is -3.02. The van der Waals surface area contributed by atoms with Crippen molar-refractivity contribution in [2.75, 3.05) is 41.8 Å². The molecule has 8 nitrogen and oxygen atoms in total. The monoisotopic (exact) mass is 408 g/mol. The minimum absolute atomic E-state index is 0.138. The number of nitrogens with two attached hydrogens (primary N) is 1. The van der Waals surface area contributed by atoms with E-state index in [9.17, 15) is 13.2 Å². The average molecular weight is 408 g/mol. The van der Waals surface area contributed by atoms with Gasteiger partial charge in [-0.2, -0.15) is 13.8 Å². The molecule has 154 valence electrons. The Labute approximate surface area is 164 Å². The standard InChI is InChI=1S/C18H19F3N6O2/c19-10-1-2-26(6-10)18-24-11(4-15(25-18)27-7-14-12(27)8-28-14)9-3-13(29-17(20)21)16(22)23-5-9/h3-5,10,12,14,17H,1-2,6-8H2,(H2,22,23)/t10?,12-,14?/m1/s1. The number of nitrogen functional groups attached to an aromatic ring is 1. The molecule has 0 aromatic carbocycles. The second kappa shape index (κ2) is 6.90. The molecule has 3 atom stereocenters. The average Bonchev–Trinajstić information content (AvgIpc) is 3.11. The van der Waals surface area contributed by atoms with E-state index in [-0.39, 0.29) is 30.3 Å². The normalized spacial score (nSPS) is 25.6. The highest BCUT2D eigenvalue weighted by molar-refractivity contribution is 5.68. The molecule has 0 aliphatic carbocycles. The first-order chi connectivity index (χ1) is 14.0. The number of ether oxygens (including phenoxy) is 2. The maximum Gasteiger partial charge on any atom is 0.387 e. The summed E-state index contributed by atoms with van der Waals surface area (Å²) in [5.41, 5.74) is 6.57. The lowest BCUT2D eigenvalue weighted by Crippen LogP contribution is -2.71. The number of halogens is 3. The van der Waals surface area contributed by atoms with Crippen molar-refractivity contribution in [3.8, 4) is 17.0 Å². The van der Waals surface area contributed by atoms with E-state index in [1.807, 2.05) is 0 Å². The van der Waals surface area contributed by atoms with Gasteiger partial charge in [-0.25, -0.2) is 14.4 Å². The lowest BCUT2D eigenvalue weighted by Gasteiger charge is -2.55. The van der Waals surface area contributed by atoms with Crippen LogP contribution in [0.3, 0.4) is 0 Å². The van der Waals surface area contributed by atoms with Crippen molar-refractivity contribution in [3.63, 3.8) is 0 Å². The molecule has 0 amide bonds. The van der Waals surface area contributed by atoms with Crippen molar-refractivity contribution in [2.24, 2.45) is 0 Å². The minimum Gasteiger partial charge on any atom is -0.431 e. The van der Waals surface area contributed by atoms with Crippen LogP contribution in [0.4, 0.5) is 30.8 Å². The molecule has 0 spiro atoms. The van der Waals surface area contributed by atoms with Crippen molar-refractivity contribution in [3.05, 3.63) is 18.3 Å². The van der Waals surface area contributed by atoms with Crippen LogP contribution in [0.2, 0.25) is 0 Å². The third kappa shape index (κ3) is 3.28. The molecule has 0 saturated carbocycles. The molecule has 3 aliphatic rings. The molecule has 29 heavy (non-hydrogen) atoms. The lowest BCUT2D eigenvalue weighted by molar-refractivity contribution is -0.113. The molecule has 3 saturated heterocycles. The van der Waals surface area contributed by atoms with Gasteiger partial charge in [0.25, 0.3) is 0 Å². The topological polar surface area (TPSA) is 89.6 Å². The molecule has 3 aliphatic heterocycles. The van der Waals surface area contributed by atoms with Crippen LogP contribution in [0.25, 0.3) is 11.3 Å². The summed E-state index contributed by atoms with van der Waals surface area (Å²) in [6.07, 6.45) is 1.14. The molecule has 2 N–H and O–H groups in total.